The zero-order valence-electron chi connectivity index (χ0n) is 12.0. The third kappa shape index (κ3) is 3.31. The summed E-state index contributed by atoms with van der Waals surface area (Å²) >= 11 is 0. The minimum absolute atomic E-state index is 0.250. The molecule has 0 aliphatic carbocycles. The van der Waals surface area contributed by atoms with E-state index in [1.807, 2.05) is 6.92 Å². The van der Waals surface area contributed by atoms with Gasteiger partial charge in [0.15, 0.2) is 0 Å². The van der Waals surface area contributed by atoms with Gasteiger partial charge in [-0.3, -0.25) is 9.40 Å². The number of nitrogens with one attached hydrogen (secondary N) is 1. The third-order valence-corrected chi connectivity index (χ3v) is 5.12. The number of nitrogens with two attached hydrogens (primary N) is 1. The molecule has 2 heterocycles. The minimum Gasteiger partial charge on any atom is -0.330 e. The average Bonchev–Trinajstić information content (AvgIpc) is 2.78. The lowest BCUT2D eigenvalue weighted by atomic mass is 10.0. The first kappa shape index (κ1) is 15.3. The largest absolute Gasteiger partial charge is 0.330 e. The molecule has 8 heteroatoms. The maximum absolute atomic E-state index is 12.4. The zero-order valence-corrected chi connectivity index (χ0v) is 12.9. The minimum atomic E-state index is -3.52. The first-order valence-electron chi connectivity index (χ1n) is 6.96. The number of rotatable bonds is 5. The predicted molar refractivity (Wildman–Crippen MR) is 78.5 cm³/mol. The van der Waals surface area contributed by atoms with E-state index in [4.69, 9.17) is 5.73 Å². The van der Waals surface area contributed by atoms with Crippen molar-refractivity contribution < 1.29 is 8.42 Å². The number of hydrogen-bond acceptors (Lipinski definition) is 4. The Morgan fingerprint density at radius 3 is 2.95 bits per heavy atom. The van der Waals surface area contributed by atoms with Crippen LogP contribution in [0.15, 0.2) is 6.20 Å². The fourth-order valence-electron chi connectivity index (χ4n) is 2.52. The van der Waals surface area contributed by atoms with Gasteiger partial charge in [-0.2, -0.15) is 17.8 Å². The Hall–Kier alpha value is -1.12. The van der Waals surface area contributed by atoms with Crippen molar-refractivity contribution in [2.75, 3.05) is 24.4 Å². The van der Waals surface area contributed by atoms with Crippen LogP contribution in [-0.2, 0) is 23.7 Å². The molecule has 0 radical (unpaired) electrons. The summed E-state index contributed by atoms with van der Waals surface area (Å²) in [5.41, 5.74) is 6.97. The van der Waals surface area contributed by atoms with Crippen LogP contribution in [0.3, 0.4) is 0 Å². The maximum Gasteiger partial charge on any atom is 0.301 e. The quantitative estimate of drug-likeness (QED) is 0.818. The van der Waals surface area contributed by atoms with Crippen LogP contribution in [0.1, 0.15) is 25.5 Å². The Balaban J connectivity index is 2.14. The Bertz CT molecular complexity index is 554. The molecule has 1 aromatic heterocycles. The van der Waals surface area contributed by atoms with Gasteiger partial charge in [0.2, 0.25) is 0 Å². The number of hydrogen-bond donors (Lipinski definition) is 2. The van der Waals surface area contributed by atoms with Crippen LogP contribution in [0.4, 0.5) is 5.69 Å². The van der Waals surface area contributed by atoms with Gasteiger partial charge in [0.1, 0.15) is 0 Å². The third-order valence-electron chi connectivity index (χ3n) is 3.63. The van der Waals surface area contributed by atoms with Gasteiger partial charge in [-0.15, -0.1) is 0 Å². The summed E-state index contributed by atoms with van der Waals surface area (Å²) < 4.78 is 30.6. The fourth-order valence-corrected chi connectivity index (χ4v) is 3.88. The van der Waals surface area contributed by atoms with Gasteiger partial charge in [0, 0.05) is 26.3 Å². The highest BCUT2D eigenvalue weighted by Crippen LogP contribution is 2.21. The van der Waals surface area contributed by atoms with Gasteiger partial charge in [-0.05, 0) is 31.7 Å². The number of piperidine rings is 1. The van der Waals surface area contributed by atoms with Gasteiger partial charge in [-0.25, -0.2) is 0 Å². The highest BCUT2D eigenvalue weighted by Gasteiger charge is 2.29. The first-order chi connectivity index (χ1) is 9.46. The number of anilines is 1. The molecule has 114 valence electrons. The summed E-state index contributed by atoms with van der Waals surface area (Å²) in [4.78, 5) is 0. The van der Waals surface area contributed by atoms with E-state index in [1.165, 1.54) is 4.31 Å². The molecule has 0 amide bonds. The molecule has 2 rings (SSSR count). The molecule has 7 nitrogen and oxygen atoms in total. The van der Waals surface area contributed by atoms with Crippen molar-refractivity contribution in [2.24, 2.45) is 18.7 Å². The molecule has 1 fully saturated rings. The highest BCUT2D eigenvalue weighted by molar-refractivity contribution is 7.90. The summed E-state index contributed by atoms with van der Waals surface area (Å²) in [5.74, 6) is 0.250. The summed E-state index contributed by atoms with van der Waals surface area (Å²) in [6.45, 7) is 3.52. The van der Waals surface area contributed by atoms with Gasteiger partial charge in [0.05, 0.1) is 11.4 Å². The van der Waals surface area contributed by atoms with E-state index in [9.17, 15) is 8.42 Å². The lowest BCUT2D eigenvalue weighted by Gasteiger charge is -2.31. The van der Waals surface area contributed by atoms with Crippen molar-refractivity contribution >= 4 is 15.9 Å². The van der Waals surface area contributed by atoms with Crippen molar-refractivity contribution in [1.29, 1.82) is 0 Å². The van der Waals surface area contributed by atoms with E-state index < -0.39 is 10.2 Å². The molecule has 1 aliphatic heterocycles. The fraction of sp³-hybridized carbons (Fsp3) is 0.750. The van der Waals surface area contributed by atoms with Crippen LogP contribution in [0, 0.1) is 5.92 Å². The molecule has 1 atom stereocenters. The Morgan fingerprint density at radius 2 is 2.30 bits per heavy atom. The molecular weight excluding hydrogens is 278 g/mol. The summed E-state index contributed by atoms with van der Waals surface area (Å²) in [6.07, 6.45) is 4.23. The second-order valence-corrected chi connectivity index (χ2v) is 6.90. The summed E-state index contributed by atoms with van der Waals surface area (Å²) in [6, 6.07) is 0. The molecule has 0 spiro atoms. The maximum atomic E-state index is 12.4. The Morgan fingerprint density at radius 1 is 1.55 bits per heavy atom. The van der Waals surface area contributed by atoms with Crippen LogP contribution in [0.5, 0.6) is 0 Å². The van der Waals surface area contributed by atoms with Crippen LogP contribution in [0.2, 0.25) is 0 Å². The van der Waals surface area contributed by atoms with Crippen molar-refractivity contribution in [3.63, 3.8) is 0 Å². The van der Waals surface area contributed by atoms with E-state index in [0.717, 1.165) is 18.5 Å². The van der Waals surface area contributed by atoms with E-state index in [0.29, 0.717) is 31.7 Å². The molecule has 0 saturated carbocycles. The molecule has 0 bridgehead atoms. The van der Waals surface area contributed by atoms with E-state index in [-0.39, 0.29) is 5.92 Å². The van der Waals surface area contributed by atoms with Crippen LogP contribution in [-0.4, -0.2) is 42.1 Å². The van der Waals surface area contributed by atoms with E-state index >= 15 is 0 Å². The van der Waals surface area contributed by atoms with Gasteiger partial charge in [0.25, 0.3) is 0 Å². The molecule has 1 aliphatic rings. The second-order valence-electron chi connectivity index (χ2n) is 5.23. The predicted octanol–water partition coefficient (Wildman–Crippen LogP) is 0.310. The van der Waals surface area contributed by atoms with Crippen molar-refractivity contribution in [3.8, 4) is 0 Å². The first-order valence-corrected chi connectivity index (χ1v) is 8.40. The molecular formula is C12H23N5O2S. The van der Waals surface area contributed by atoms with Crippen LogP contribution in [0.25, 0.3) is 0 Å². The zero-order chi connectivity index (χ0) is 14.8. The molecule has 1 unspecified atom stereocenters. The molecule has 1 aromatic rings. The van der Waals surface area contributed by atoms with E-state index in [2.05, 4.69) is 9.82 Å². The monoisotopic (exact) mass is 301 g/mol. The van der Waals surface area contributed by atoms with Crippen molar-refractivity contribution in [2.45, 2.75) is 26.2 Å². The Kier molecular flexibility index (Phi) is 4.66. The van der Waals surface area contributed by atoms with Gasteiger partial charge < -0.3 is 5.73 Å². The Labute approximate surface area is 120 Å². The van der Waals surface area contributed by atoms with Gasteiger partial charge in [-0.1, -0.05) is 6.92 Å². The van der Waals surface area contributed by atoms with Crippen LogP contribution >= 0.6 is 0 Å². The van der Waals surface area contributed by atoms with E-state index in [1.54, 1.807) is 17.9 Å². The number of aromatic nitrogens is 2. The summed E-state index contributed by atoms with van der Waals surface area (Å²) in [7, 11) is -1.74. The van der Waals surface area contributed by atoms with Crippen molar-refractivity contribution in [3.05, 3.63) is 11.9 Å². The second kappa shape index (κ2) is 6.11. The normalized spacial score (nSPS) is 21.1. The average molecular weight is 301 g/mol. The topological polar surface area (TPSA) is 93.2 Å². The highest BCUT2D eigenvalue weighted by atomic mass is 32.2. The van der Waals surface area contributed by atoms with Crippen LogP contribution < -0.4 is 10.5 Å². The SMILES string of the molecule is CCc1nn(C)cc1NS(=O)(=O)N1CCCC(CN)C1. The summed E-state index contributed by atoms with van der Waals surface area (Å²) in [5, 5.41) is 4.24. The van der Waals surface area contributed by atoms with Gasteiger partial charge >= 0.3 is 10.2 Å². The molecule has 20 heavy (non-hydrogen) atoms. The molecule has 1 saturated heterocycles. The number of nitrogens with zero attached hydrogens (tertiary/aromatic N) is 3. The lowest BCUT2D eigenvalue weighted by molar-refractivity contribution is 0.273. The lowest BCUT2D eigenvalue weighted by Crippen LogP contribution is -2.44. The van der Waals surface area contributed by atoms with Crippen molar-refractivity contribution in [1.82, 2.24) is 14.1 Å². The molecule has 0 aromatic carbocycles. The number of aryl methyl sites for hydroxylation is 2. The standard InChI is InChI=1S/C12H23N5O2S/c1-3-11-12(9-16(2)14-11)15-20(18,19)17-6-4-5-10(7-13)8-17/h9-10,15H,3-8,13H2,1-2H3. The molecule has 3 N–H and O–H groups in total. The smallest absolute Gasteiger partial charge is 0.301 e.